The highest BCUT2D eigenvalue weighted by Gasteiger charge is 2.46. The van der Waals surface area contributed by atoms with E-state index in [2.05, 4.69) is 54.4 Å². The molecule has 0 bridgehead atoms. The maximum absolute atomic E-state index is 11.6. The summed E-state index contributed by atoms with van der Waals surface area (Å²) >= 11 is 1.79. The monoisotopic (exact) mass is 297 g/mol. The van der Waals surface area contributed by atoms with Gasteiger partial charge in [0.05, 0.1) is 0 Å². The van der Waals surface area contributed by atoms with Crippen molar-refractivity contribution >= 4 is 11.8 Å². The van der Waals surface area contributed by atoms with Gasteiger partial charge in [0.15, 0.2) is 0 Å². The second-order valence-electron chi connectivity index (χ2n) is 6.14. The van der Waals surface area contributed by atoms with Gasteiger partial charge in [0.1, 0.15) is 5.60 Å². The highest BCUT2D eigenvalue weighted by Crippen LogP contribution is 2.52. The first-order chi connectivity index (χ1) is 10.2. The third-order valence-electron chi connectivity index (χ3n) is 4.75. The van der Waals surface area contributed by atoms with E-state index >= 15 is 0 Å². The normalized spacial score (nSPS) is 28.2. The molecule has 0 saturated carbocycles. The average molecular weight is 297 g/mol. The van der Waals surface area contributed by atoms with Crippen LogP contribution in [-0.2, 0) is 5.60 Å². The lowest BCUT2D eigenvalue weighted by Gasteiger charge is -2.44. The van der Waals surface area contributed by atoms with E-state index in [4.69, 9.17) is 0 Å². The van der Waals surface area contributed by atoms with Crippen LogP contribution in [0.4, 0.5) is 0 Å². The number of likely N-dealkylation sites (tertiary alicyclic amines) is 1. The molecule has 0 aromatic heterocycles. The van der Waals surface area contributed by atoms with E-state index in [0.29, 0.717) is 6.54 Å². The van der Waals surface area contributed by atoms with Crippen LogP contribution in [0.25, 0.3) is 0 Å². The highest BCUT2D eigenvalue weighted by atomic mass is 32.2. The molecule has 0 unspecified atom stereocenters. The van der Waals surface area contributed by atoms with Crippen molar-refractivity contribution in [2.24, 2.45) is 0 Å². The van der Waals surface area contributed by atoms with Gasteiger partial charge in [-0.25, -0.2) is 0 Å². The Balaban J connectivity index is 1.97. The number of rotatable bonds is 0. The van der Waals surface area contributed by atoms with E-state index in [0.717, 1.165) is 18.5 Å². The van der Waals surface area contributed by atoms with E-state index < -0.39 is 5.60 Å². The maximum Gasteiger partial charge on any atom is 0.110 e. The summed E-state index contributed by atoms with van der Waals surface area (Å²) in [6, 6.07) is 16.9. The van der Waals surface area contributed by atoms with Crippen molar-refractivity contribution in [3.05, 3.63) is 59.7 Å². The second kappa shape index (κ2) is 4.87. The van der Waals surface area contributed by atoms with Gasteiger partial charge in [-0.1, -0.05) is 48.2 Å². The van der Waals surface area contributed by atoms with Crippen LogP contribution in [0.5, 0.6) is 0 Å². The lowest BCUT2D eigenvalue weighted by molar-refractivity contribution is -0.0499. The molecule has 0 radical (unpaired) electrons. The molecule has 2 aliphatic heterocycles. The predicted octanol–water partition coefficient (Wildman–Crippen LogP) is 3.46. The van der Waals surface area contributed by atoms with Gasteiger partial charge >= 0.3 is 0 Å². The summed E-state index contributed by atoms with van der Waals surface area (Å²) < 4.78 is 0. The Hall–Kier alpha value is -1.29. The molecule has 2 heterocycles. The van der Waals surface area contributed by atoms with Crippen LogP contribution in [-0.4, -0.2) is 30.1 Å². The summed E-state index contributed by atoms with van der Waals surface area (Å²) in [6.07, 6.45) is 0.999. The van der Waals surface area contributed by atoms with Gasteiger partial charge in [0, 0.05) is 22.3 Å². The minimum absolute atomic E-state index is 0.182. The first-order valence-electron chi connectivity index (χ1n) is 7.46. The summed E-state index contributed by atoms with van der Waals surface area (Å²) in [4.78, 5) is 4.71. The van der Waals surface area contributed by atoms with Crippen LogP contribution in [0, 0.1) is 0 Å². The third kappa shape index (κ3) is 2.03. The number of fused-ring (bicyclic) bond motifs is 5. The zero-order chi connectivity index (χ0) is 14.4. The molecular formula is C18H19NOS. The second-order valence-corrected chi connectivity index (χ2v) is 7.22. The fourth-order valence-electron chi connectivity index (χ4n) is 3.77. The minimum atomic E-state index is -0.788. The summed E-state index contributed by atoms with van der Waals surface area (Å²) in [6.45, 7) is 1.73. The Morgan fingerprint density at radius 1 is 1.10 bits per heavy atom. The van der Waals surface area contributed by atoms with E-state index in [-0.39, 0.29) is 5.92 Å². The van der Waals surface area contributed by atoms with Crippen molar-refractivity contribution in [1.82, 2.24) is 4.90 Å². The van der Waals surface area contributed by atoms with E-state index in [1.54, 1.807) is 11.8 Å². The van der Waals surface area contributed by atoms with E-state index in [1.807, 2.05) is 6.07 Å². The average Bonchev–Trinajstić information content (AvgIpc) is 2.59. The van der Waals surface area contributed by atoms with Gasteiger partial charge in [0.2, 0.25) is 0 Å². The first-order valence-corrected chi connectivity index (χ1v) is 8.27. The maximum atomic E-state index is 11.6. The summed E-state index contributed by atoms with van der Waals surface area (Å²) in [5, 5.41) is 11.6. The quantitative estimate of drug-likeness (QED) is 0.805. The zero-order valence-electron chi connectivity index (χ0n) is 12.1. The highest BCUT2D eigenvalue weighted by molar-refractivity contribution is 7.99. The van der Waals surface area contributed by atoms with Crippen molar-refractivity contribution in [2.75, 3.05) is 20.1 Å². The summed E-state index contributed by atoms with van der Waals surface area (Å²) in [5.41, 5.74) is 1.60. The molecule has 2 aromatic rings. The van der Waals surface area contributed by atoms with Crippen LogP contribution >= 0.6 is 11.8 Å². The van der Waals surface area contributed by atoms with Crippen molar-refractivity contribution in [3.63, 3.8) is 0 Å². The molecule has 2 atom stereocenters. The summed E-state index contributed by atoms with van der Waals surface area (Å²) in [5.74, 6) is 0.182. The summed E-state index contributed by atoms with van der Waals surface area (Å²) in [7, 11) is 2.10. The standard InChI is InChI=1S/C18H19NOS/c1-19-11-10-14-13-6-2-4-8-16(13)21-17-9-5-3-7-15(17)18(14,20)12-19/h2-9,14,20H,10-12H2,1H3/t14-,18+/m1/s1. The smallest absolute Gasteiger partial charge is 0.110 e. The number of aliphatic hydroxyl groups is 1. The van der Waals surface area contributed by atoms with Crippen LogP contribution in [0.1, 0.15) is 23.5 Å². The molecule has 3 heteroatoms. The SMILES string of the molecule is CN1CC[C@@H]2c3ccccc3Sc3ccccc3[C@]2(O)C1. The molecular weight excluding hydrogens is 278 g/mol. The van der Waals surface area contributed by atoms with Gasteiger partial charge < -0.3 is 10.0 Å². The minimum Gasteiger partial charge on any atom is -0.383 e. The number of β-amino-alcohol motifs (C(OH)–C–C–N with tert-alkyl or cyclic N) is 1. The lowest BCUT2D eigenvalue weighted by Crippen LogP contribution is -2.49. The molecule has 2 aliphatic rings. The number of hydrogen-bond donors (Lipinski definition) is 1. The molecule has 1 fully saturated rings. The largest absolute Gasteiger partial charge is 0.383 e. The number of nitrogens with zero attached hydrogens (tertiary/aromatic N) is 1. The van der Waals surface area contributed by atoms with Gasteiger partial charge in [-0.3, -0.25) is 0 Å². The Morgan fingerprint density at radius 3 is 2.67 bits per heavy atom. The van der Waals surface area contributed by atoms with Crippen molar-refractivity contribution < 1.29 is 5.11 Å². The van der Waals surface area contributed by atoms with Gasteiger partial charge in [-0.2, -0.15) is 0 Å². The van der Waals surface area contributed by atoms with Crippen molar-refractivity contribution in [2.45, 2.75) is 27.7 Å². The Bertz CT molecular complexity index is 686. The van der Waals surface area contributed by atoms with Gasteiger partial charge in [-0.05, 0) is 43.3 Å². The molecule has 2 aromatic carbocycles. The van der Waals surface area contributed by atoms with Crippen LogP contribution in [0.2, 0.25) is 0 Å². The molecule has 108 valence electrons. The number of benzene rings is 2. The fraction of sp³-hybridized carbons (Fsp3) is 0.333. The van der Waals surface area contributed by atoms with Crippen molar-refractivity contribution in [1.29, 1.82) is 0 Å². The Kier molecular flexibility index (Phi) is 3.10. The number of hydrogen-bond acceptors (Lipinski definition) is 3. The molecule has 21 heavy (non-hydrogen) atoms. The van der Waals surface area contributed by atoms with Crippen LogP contribution in [0.15, 0.2) is 58.3 Å². The number of likely N-dealkylation sites (N-methyl/N-ethyl adjacent to an activating group) is 1. The predicted molar refractivity (Wildman–Crippen MR) is 85.8 cm³/mol. The fourth-order valence-corrected chi connectivity index (χ4v) is 4.98. The molecule has 2 nitrogen and oxygen atoms in total. The first kappa shape index (κ1) is 13.4. The van der Waals surface area contributed by atoms with Gasteiger partial charge in [0.25, 0.3) is 0 Å². The lowest BCUT2D eigenvalue weighted by atomic mass is 9.73. The van der Waals surface area contributed by atoms with E-state index in [9.17, 15) is 5.11 Å². The Labute approximate surface area is 129 Å². The van der Waals surface area contributed by atoms with E-state index in [1.165, 1.54) is 15.4 Å². The van der Waals surface area contributed by atoms with Crippen molar-refractivity contribution in [3.8, 4) is 0 Å². The van der Waals surface area contributed by atoms with Crippen LogP contribution in [0.3, 0.4) is 0 Å². The molecule has 0 aliphatic carbocycles. The number of piperidine rings is 1. The molecule has 0 amide bonds. The van der Waals surface area contributed by atoms with Gasteiger partial charge in [-0.15, -0.1) is 0 Å². The topological polar surface area (TPSA) is 23.5 Å². The van der Waals surface area contributed by atoms with Crippen LogP contribution < -0.4 is 0 Å². The zero-order valence-corrected chi connectivity index (χ0v) is 12.9. The molecule has 0 spiro atoms. The Morgan fingerprint density at radius 2 is 1.81 bits per heavy atom. The molecule has 1 N–H and O–H groups in total. The molecule has 1 saturated heterocycles. The third-order valence-corrected chi connectivity index (χ3v) is 5.92. The molecule has 4 rings (SSSR count).